The molecule has 3 atom stereocenters. The van der Waals surface area contributed by atoms with Gasteiger partial charge in [-0.05, 0) is 58.7 Å². The van der Waals surface area contributed by atoms with Crippen LogP contribution in [0.25, 0.3) is 0 Å². The van der Waals surface area contributed by atoms with Crippen LogP contribution < -0.4 is 5.32 Å². The second-order valence-electron chi connectivity index (χ2n) is 6.80. The monoisotopic (exact) mass is 270 g/mol. The average molecular weight is 270 g/mol. The number of hydrogen-bond donors (Lipinski definition) is 2. The minimum Gasteiger partial charge on any atom is -0.394 e. The van der Waals surface area contributed by atoms with E-state index in [2.05, 4.69) is 38.0 Å². The molecule has 3 heteroatoms. The van der Waals surface area contributed by atoms with Gasteiger partial charge in [-0.1, -0.05) is 26.7 Å². The lowest BCUT2D eigenvalue weighted by molar-refractivity contribution is 0.120. The lowest BCUT2D eigenvalue weighted by Gasteiger charge is -2.37. The van der Waals surface area contributed by atoms with Crippen molar-refractivity contribution in [3.8, 4) is 0 Å². The van der Waals surface area contributed by atoms with Gasteiger partial charge in [0.15, 0.2) is 0 Å². The molecule has 19 heavy (non-hydrogen) atoms. The molecule has 1 saturated carbocycles. The largest absolute Gasteiger partial charge is 0.394 e. The first-order chi connectivity index (χ1) is 9.00. The van der Waals surface area contributed by atoms with E-state index in [1.807, 2.05) is 0 Å². The Bertz CT molecular complexity index is 247. The van der Waals surface area contributed by atoms with Gasteiger partial charge < -0.3 is 15.3 Å². The van der Waals surface area contributed by atoms with Gasteiger partial charge in [0.1, 0.15) is 0 Å². The fraction of sp³-hybridized carbons (Fsp3) is 1.00. The molecule has 0 spiro atoms. The summed E-state index contributed by atoms with van der Waals surface area (Å²) < 4.78 is 0. The van der Waals surface area contributed by atoms with E-state index in [9.17, 15) is 5.11 Å². The Morgan fingerprint density at radius 3 is 2.68 bits per heavy atom. The average Bonchev–Trinajstić information content (AvgIpc) is 2.42. The molecular weight excluding hydrogens is 236 g/mol. The van der Waals surface area contributed by atoms with Crippen LogP contribution in [0, 0.1) is 5.92 Å². The Labute approximate surface area is 119 Å². The van der Waals surface area contributed by atoms with Gasteiger partial charge in [-0.3, -0.25) is 0 Å². The van der Waals surface area contributed by atoms with Crippen LogP contribution in [0.1, 0.15) is 59.3 Å². The van der Waals surface area contributed by atoms with Gasteiger partial charge in [0, 0.05) is 11.6 Å². The molecule has 1 aliphatic carbocycles. The van der Waals surface area contributed by atoms with Gasteiger partial charge in [0.2, 0.25) is 0 Å². The third-order valence-electron chi connectivity index (χ3n) is 4.70. The molecule has 114 valence electrons. The topological polar surface area (TPSA) is 35.5 Å². The smallest absolute Gasteiger partial charge is 0.0611 e. The Balaban J connectivity index is 2.36. The van der Waals surface area contributed by atoms with E-state index < -0.39 is 0 Å². The summed E-state index contributed by atoms with van der Waals surface area (Å²) in [5.41, 5.74) is -0.120. The molecule has 0 heterocycles. The molecule has 3 unspecified atom stereocenters. The van der Waals surface area contributed by atoms with E-state index in [0.29, 0.717) is 0 Å². The van der Waals surface area contributed by atoms with E-state index in [1.165, 1.54) is 25.7 Å². The van der Waals surface area contributed by atoms with Crippen LogP contribution in [0.4, 0.5) is 0 Å². The van der Waals surface area contributed by atoms with Crippen LogP contribution in [0.5, 0.6) is 0 Å². The highest BCUT2D eigenvalue weighted by molar-refractivity contribution is 4.85. The standard InChI is InChI=1S/C16H34N2O/c1-5-10-17-16(3,13-19)9-11-18(4)15-8-6-7-14(2)12-15/h14-15,17,19H,5-13H2,1-4H3. The normalized spacial score (nSPS) is 27.5. The Hall–Kier alpha value is -0.120. The molecule has 3 nitrogen and oxygen atoms in total. The van der Waals surface area contributed by atoms with Crippen LogP contribution in [-0.4, -0.2) is 48.3 Å². The highest BCUT2D eigenvalue weighted by atomic mass is 16.3. The SMILES string of the molecule is CCCNC(C)(CO)CCN(C)C1CCCC(C)C1. The second kappa shape index (κ2) is 8.23. The molecule has 0 aliphatic heterocycles. The van der Waals surface area contributed by atoms with Gasteiger partial charge in [-0.25, -0.2) is 0 Å². The van der Waals surface area contributed by atoms with Gasteiger partial charge in [-0.2, -0.15) is 0 Å². The highest BCUT2D eigenvalue weighted by Gasteiger charge is 2.26. The summed E-state index contributed by atoms with van der Waals surface area (Å²) >= 11 is 0. The number of hydrogen-bond acceptors (Lipinski definition) is 3. The summed E-state index contributed by atoms with van der Waals surface area (Å²) in [6, 6.07) is 0.748. The fourth-order valence-corrected chi connectivity index (χ4v) is 3.06. The second-order valence-corrected chi connectivity index (χ2v) is 6.80. The van der Waals surface area contributed by atoms with E-state index in [1.54, 1.807) is 0 Å². The zero-order chi connectivity index (χ0) is 14.3. The van der Waals surface area contributed by atoms with Crippen LogP contribution >= 0.6 is 0 Å². The number of rotatable bonds is 8. The van der Waals surface area contributed by atoms with E-state index in [4.69, 9.17) is 0 Å². The lowest BCUT2D eigenvalue weighted by atomic mass is 9.86. The maximum absolute atomic E-state index is 9.60. The minimum atomic E-state index is -0.120. The first-order valence-electron chi connectivity index (χ1n) is 8.07. The number of aliphatic hydroxyl groups excluding tert-OH is 1. The van der Waals surface area contributed by atoms with Crippen LogP contribution in [0.3, 0.4) is 0 Å². The van der Waals surface area contributed by atoms with Crippen molar-refractivity contribution in [1.82, 2.24) is 10.2 Å². The van der Waals surface area contributed by atoms with E-state index in [-0.39, 0.29) is 12.1 Å². The maximum Gasteiger partial charge on any atom is 0.0611 e. The predicted octanol–water partition coefficient (Wildman–Crippen LogP) is 2.64. The molecule has 1 aliphatic rings. The molecule has 1 fully saturated rings. The van der Waals surface area contributed by atoms with Crippen molar-refractivity contribution in [2.75, 3.05) is 26.7 Å². The summed E-state index contributed by atoms with van der Waals surface area (Å²) in [5, 5.41) is 13.1. The molecular formula is C16H34N2O. The van der Waals surface area contributed by atoms with Crippen molar-refractivity contribution in [1.29, 1.82) is 0 Å². The first kappa shape index (κ1) is 16.9. The fourth-order valence-electron chi connectivity index (χ4n) is 3.06. The van der Waals surface area contributed by atoms with Gasteiger partial charge in [-0.15, -0.1) is 0 Å². The van der Waals surface area contributed by atoms with Crippen molar-refractivity contribution < 1.29 is 5.11 Å². The van der Waals surface area contributed by atoms with Crippen molar-refractivity contribution in [2.24, 2.45) is 5.92 Å². The molecule has 0 aromatic rings. The number of nitrogens with zero attached hydrogens (tertiary/aromatic N) is 1. The van der Waals surface area contributed by atoms with Crippen molar-refractivity contribution in [2.45, 2.75) is 70.9 Å². The number of aliphatic hydroxyl groups is 1. The van der Waals surface area contributed by atoms with Gasteiger partial charge in [0.05, 0.1) is 6.61 Å². The molecule has 0 amide bonds. The van der Waals surface area contributed by atoms with Gasteiger partial charge in [0.25, 0.3) is 0 Å². The summed E-state index contributed by atoms with van der Waals surface area (Å²) in [7, 11) is 2.25. The molecule has 0 aromatic carbocycles. The third-order valence-corrected chi connectivity index (χ3v) is 4.70. The van der Waals surface area contributed by atoms with Crippen LogP contribution in [0.2, 0.25) is 0 Å². The molecule has 0 aromatic heterocycles. The first-order valence-corrected chi connectivity index (χ1v) is 8.07. The highest BCUT2D eigenvalue weighted by Crippen LogP contribution is 2.27. The summed E-state index contributed by atoms with van der Waals surface area (Å²) in [6.45, 7) is 8.97. The zero-order valence-electron chi connectivity index (χ0n) is 13.4. The zero-order valence-corrected chi connectivity index (χ0v) is 13.4. The van der Waals surface area contributed by atoms with Crippen LogP contribution in [-0.2, 0) is 0 Å². The quantitative estimate of drug-likeness (QED) is 0.712. The minimum absolute atomic E-state index is 0.120. The molecule has 0 radical (unpaired) electrons. The van der Waals surface area contributed by atoms with Crippen molar-refractivity contribution >= 4 is 0 Å². The van der Waals surface area contributed by atoms with E-state index in [0.717, 1.165) is 37.9 Å². The molecule has 1 rings (SSSR count). The molecule has 0 bridgehead atoms. The van der Waals surface area contributed by atoms with Crippen molar-refractivity contribution in [3.63, 3.8) is 0 Å². The van der Waals surface area contributed by atoms with Gasteiger partial charge >= 0.3 is 0 Å². The lowest BCUT2D eigenvalue weighted by Crippen LogP contribution is -2.49. The Morgan fingerprint density at radius 2 is 2.11 bits per heavy atom. The third kappa shape index (κ3) is 5.80. The Kier molecular flexibility index (Phi) is 7.33. The summed E-state index contributed by atoms with van der Waals surface area (Å²) in [4.78, 5) is 2.51. The molecule has 0 saturated heterocycles. The summed E-state index contributed by atoms with van der Waals surface area (Å²) in [5.74, 6) is 0.878. The predicted molar refractivity (Wildman–Crippen MR) is 82.5 cm³/mol. The Morgan fingerprint density at radius 1 is 1.37 bits per heavy atom. The summed E-state index contributed by atoms with van der Waals surface area (Å²) in [6.07, 6.45) is 7.60. The van der Waals surface area contributed by atoms with Crippen LogP contribution in [0.15, 0.2) is 0 Å². The molecule has 2 N–H and O–H groups in total. The van der Waals surface area contributed by atoms with E-state index >= 15 is 0 Å². The van der Waals surface area contributed by atoms with Crippen molar-refractivity contribution in [3.05, 3.63) is 0 Å². The number of nitrogens with one attached hydrogen (secondary N) is 1. The maximum atomic E-state index is 9.60.